The van der Waals surface area contributed by atoms with Gasteiger partial charge < -0.3 is 31.7 Å². The van der Waals surface area contributed by atoms with Crippen LogP contribution >= 0.6 is 0 Å². The molecule has 0 unspecified atom stereocenters. The van der Waals surface area contributed by atoms with Gasteiger partial charge in [-0.2, -0.15) is 0 Å². The lowest BCUT2D eigenvalue weighted by Crippen LogP contribution is -2.35. The molecule has 1 rings (SSSR count). The molecule has 1 aromatic carbocycles. The summed E-state index contributed by atoms with van der Waals surface area (Å²) in [6.07, 6.45) is 0. The van der Waals surface area contributed by atoms with Gasteiger partial charge in [-0.3, -0.25) is 0 Å². The van der Waals surface area contributed by atoms with E-state index in [2.05, 4.69) is 27.3 Å². The molecule has 0 saturated carbocycles. The lowest BCUT2D eigenvalue weighted by atomic mass is 10.2. The van der Waals surface area contributed by atoms with E-state index in [0.29, 0.717) is 6.54 Å². The average Bonchev–Trinajstić information content (AvgIpc) is 2.56. The zero-order valence-corrected chi connectivity index (χ0v) is 13.7. The summed E-state index contributed by atoms with van der Waals surface area (Å²) in [6.45, 7) is 8.23. The van der Waals surface area contributed by atoms with Crippen LogP contribution in [0.4, 0.5) is 0 Å². The molecule has 126 valence electrons. The lowest BCUT2D eigenvalue weighted by Gasteiger charge is -2.10. The van der Waals surface area contributed by atoms with Crippen LogP contribution in [0.15, 0.2) is 24.3 Å². The third-order valence-corrected chi connectivity index (χ3v) is 3.26. The number of hydrogen-bond acceptors (Lipinski definition) is 6. The van der Waals surface area contributed by atoms with Crippen molar-refractivity contribution in [3.63, 3.8) is 0 Å². The van der Waals surface area contributed by atoms with Crippen molar-refractivity contribution in [2.45, 2.75) is 6.54 Å². The predicted molar refractivity (Wildman–Crippen MR) is 92.4 cm³/mol. The molecule has 0 saturated heterocycles. The maximum absolute atomic E-state index is 5.40. The Morgan fingerprint density at radius 3 is 1.95 bits per heavy atom. The fraction of sp³-hybridized carbons (Fsp3) is 0.625. The molecule has 6 heteroatoms. The predicted octanol–water partition coefficient (Wildman–Crippen LogP) is -0.488. The van der Waals surface area contributed by atoms with Gasteiger partial charge in [0.15, 0.2) is 0 Å². The Morgan fingerprint density at radius 1 is 0.818 bits per heavy atom. The number of rotatable bonds is 14. The third kappa shape index (κ3) is 8.96. The number of benzene rings is 1. The van der Waals surface area contributed by atoms with E-state index in [0.717, 1.165) is 58.1 Å². The van der Waals surface area contributed by atoms with Crippen LogP contribution in [-0.4, -0.2) is 59.5 Å². The molecule has 1 aromatic rings. The Kier molecular flexibility index (Phi) is 11.6. The monoisotopic (exact) mass is 309 g/mol. The molecule has 0 bridgehead atoms. The molecular formula is C16H31N5O. The van der Waals surface area contributed by atoms with Crippen molar-refractivity contribution in [1.82, 2.24) is 21.3 Å². The van der Waals surface area contributed by atoms with E-state index < -0.39 is 0 Å². The highest BCUT2D eigenvalue weighted by Crippen LogP contribution is 2.16. The zero-order chi connectivity index (χ0) is 15.9. The Morgan fingerprint density at radius 2 is 1.36 bits per heavy atom. The van der Waals surface area contributed by atoms with Gasteiger partial charge in [0.1, 0.15) is 5.75 Å². The van der Waals surface area contributed by atoms with E-state index in [4.69, 9.17) is 10.5 Å². The van der Waals surface area contributed by atoms with E-state index in [1.165, 1.54) is 5.56 Å². The minimum Gasteiger partial charge on any atom is -0.496 e. The number of nitrogens with one attached hydrogen (secondary N) is 4. The second-order valence-corrected chi connectivity index (χ2v) is 5.03. The van der Waals surface area contributed by atoms with Crippen LogP contribution in [0.2, 0.25) is 0 Å². The summed E-state index contributed by atoms with van der Waals surface area (Å²) in [4.78, 5) is 0. The minimum atomic E-state index is 0.698. The van der Waals surface area contributed by atoms with Crippen LogP contribution in [0, 0.1) is 0 Å². The minimum absolute atomic E-state index is 0.698. The van der Waals surface area contributed by atoms with Crippen LogP contribution < -0.4 is 31.7 Å². The first-order valence-electron chi connectivity index (χ1n) is 8.03. The van der Waals surface area contributed by atoms with E-state index in [1.807, 2.05) is 18.2 Å². The third-order valence-electron chi connectivity index (χ3n) is 3.26. The number of ether oxygens (including phenoxy) is 1. The summed E-state index contributed by atoms with van der Waals surface area (Å²) < 4.78 is 5.33. The van der Waals surface area contributed by atoms with Gasteiger partial charge in [0.25, 0.3) is 0 Å². The first-order valence-corrected chi connectivity index (χ1v) is 8.03. The summed E-state index contributed by atoms with van der Waals surface area (Å²) in [5.74, 6) is 0.940. The van der Waals surface area contributed by atoms with Crippen molar-refractivity contribution < 1.29 is 4.74 Å². The molecule has 0 atom stereocenters. The summed E-state index contributed by atoms with van der Waals surface area (Å²) in [5.41, 5.74) is 6.59. The molecule has 6 nitrogen and oxygen atoms in total. The molecular weight excluding hydrogens is 278 g/mol. The molecule has 0 amide bonds. The maximum Gasteiger partial charge on any atom is 0.123 e. The normalized spacial score (nSPS) is 10.8. The van der Waals surface area contributed by atoms with Gasteiger partial charge in [-0.1, -0.05) is 18.2 Å². The zero-order valence-electron chi connectivity index (χ0n) is 13.7. The van der Waals surface area contributed by atoms with Gasteiger partial charge in [-0.15, -0.1) is 0 Å². The van der Waals surface area contributed by atoms with Crippen LogP contribution in [0.3, 0.4) is 0 Å². The van der Waals surface area contributed by atoms with Crippen molar-refractivity contribution in [2.75, 3.05) is 59.5 Å². The van der Waals surface area contributed by atoms with Crippen molar-refractivity contribution in [2.24, 2.45) is 5.73 Å². The number of nitrogens with two attached hydrogens (primary N) is 1. The van der Waals surface area contributed by atoms with Crippen LogP contribution in [-0.2, 0) is 6.54 Å². The molecule has 0 aliphatic carbocycles. The largest absolute Gasteiger partial charge is 0.496 e. The fourth-order valence-corrected chi connectivity index (χ4v) is 2.08. The quantitative estimate of drug-likeness (QED) is 0.298. The van der Waals surface area contributed by atoms with E-state index >= 15 is 0 Å². The molecule has 22 heavy (non-hydrogen) atoms. The first-order chi connectivity index (χ1) is 10.9. The molecule has 0 heterocycles. The highest BCUT2D eigenvalue weighted by Gasteiger charge is 1.99. The average molecular weight is 309 g/mol. The van der Waals surface area contributed by atoms with Gasteiger partial charge in [0, 0.05) is 64.5 Å². The maximum atomic E-state index is 5.40. The molecule has 6 N–H and O–H groups in total. The van der Waals surface area contributed by atoms with E-state index in [1.54, 1.807) is 7.11 Å². The topological polar surface area (TPSA) is 83.4 Å². The Balaban J connectivity index is 1.89. The Labute approximate surface area is 134 Å². The lowest BCUT2D eigenvalue weighted by molar-refractivity contribution is 0.407. The number of para-hydroxylation sites is 1. The molecule has 0 radical (unpaired) electrons. The molecule has 0 aliphatic rings. The SMILES string of the molecule is COc1ccccc1CNCCNCCNCCNCCN. The van der Waals surface area contributed by atoms with Crippen molar-refractivity contribution in [3.8, 4) is 5.75 Å². The smallest absolute Gasteiger partial charge is 0.123 e. The highest BCUT2D eigenvalue weighted by atomic mass is 16.5. The Hall–Kier alpha value is -1.18. The van der Waals surface area contributed by atoms with E-state index in [-0.39, 0.29) is 0 Å². The number of hydrogen-bond donors (Lipinski definition) is 5. The second-order valence-electron chi connectivity index (χ2n) is 5.03. The van der Waals surface area contributed by atoms with E-state index in [9.17, 15) is 0 Å². The standard InChI is InChI=1S/C16H31N5O/c1-22-16-5-3-2-4-15(16)14-21-13-12-20-11-10-19-9-8-18-7-6-17/h2-5,18-21H,6-14,17H2,1H3. The molecule has 0 aromatic heterocycles. The van der Waals surface area contributed by atoms with Gasteiger partial charge in [0.05, 0.1) is 7.11 Å². The van der Waals surface area contributed by atoms with Crippen molar-refractivity contribution in [1.29, 1.82) is 0 Å². The summed E-state index contributed by atoms with van der Waals surface area (Å²) in [7, 11) is 1.71. The number of methoxy groups -OCH3 is 1. The molecule has 0 fully saturated rings. The Bertz CT molecular complexity index is 375. The van der Waals surface area contributed by atoms with Gasteiger partial charge in [0.2, 0.25) is 0 Å². The highest BCUT2D eigenvalue weighted by molar-refractivity contribution is 5.32. The summed E-state index contributed by atoms with van der Waals surface area (Å²) >= 11 is 0. The fourth-order valence-electron chi connectivity index (χ4n) is 2.08. The van der Waals surface area contributed by atoms with Gasteiger partial charge >= 0.3 is 0 Å². The summed E-state index contributed by atoms with van der Waals surface area (Å²) in [6, 6.07) is 8.10. The van der Waals surface area contributed by atoms with Crippen LogP contribution in [0.25, 0.3) is 0 Å². The van der Waals surface area contributed by atoms with Gasteiger partial charge in [-0.05, 0) is 6.07 Å². The van der Waals surface area contributed by atoms with Gasteiger partial charge in [-0.25, -0.2) is 0 Å². The first kappa shape index (κ1) is 18.9. The van der Waals surface area contributed by atoms with Crippen LogP contribution in [0.5, 0.6) is 5.75 Å². The molecule has 0 aliphatic heterocycles. The van der Waals surface area contributed by atoms with Crippen molar-refractivity contribution in [3.05, 3.63) is 29.8 Å². The second kappa shape index (κ2) is 13.5. The summed E-state index contributed by atoms with van der Waals surface area (Å²) in [5, 5.41) is 13.4. The van der Waals surface area contributed by atoms with Crippen molar-refractivity contribution >= 4 is 0 Å². The molecule has 0 spiro atoms. The van der Waals surface area contributed by atoms with Crippen LogP contribution in [0.1, 0.15) is 5.56 Å².